The van der Waals surface area contributed by atoms with Crippen LogP contribution >= 0.6 is 0 Å². The maximum absolute atomic E-state index is 14.0. The minimum atomic E-state index is -0.453. The first kappa shape index (κ1) is 13.3. The standard InChI is InChI=1S/C15H16FNO2/c1-3-17(10-12-7-5-9-19-12)15(18)13-8-4-6-11(2)14(13)16/h4-9H,3,10H2,1-2H3. The van der Waals surface area contributed by atoms with Gasteiger partial charge in [0.25, 0.3) is 5.91 Å². The molecule has 0 aliphatic carbocycles. The smallest absolute Gasteiger partial charge is 0.257 e. The number of aryl methyl sites for hydroxylation is 1. The molecule has 1 amide bonds. The minimum absolute atomic E-state index is 0.105. The summed E-state index contributed by atoms with van der Waals surface area (Å²) in [6.07, 6.45) is 1.56. The van der Waals surface area contributed by atoms with Crippen molar-refractivity contribution in [3.63, 3.8) is 0 Å². The number of hydrogen-bond donors (Lipinski definition) is 0. The fourth-order valence-corrected chi connectivity index (χ4v) is 1.90. The summed E-state index contributed by atoms with van der Waals surface area (Å²) in [5, 5.41) is 0. The fraction of sp³-hybridized carbons (Fsp3) is 0.267. The number of rotatable bonds is 4. The van der Waals surface area contributed by atoms with Crippen LogP contribution in [0.5, 0.6) is 0 Å². The number of hydrogen-bond acceptors (Lipinski definition) is 2. The van der Waals surface area contributed by atoms with Crippen molar-refractivity contribution in [3.8, 4) is 0 Å². The molecule has 0 saturated heterocycles. The SMILES string of the molecule is CCN(Cc1ccco1)C(=O)c1cccc(C)c1F. The fourth-order valence-electron chi connectivity index (χ4n) is 1.90. The number of furan rings is 1. The molecule has 0 radical (unpaired) electrons. The Labute approximate surface area is 111 Å². The van der Waals surface area contributed by atoms with Gasteiger partial charge < -0.3 is 9.32 Å². The predicted molar refractivity (Wildman–Crippen MR) is 70.3 cm³/mol. The van der Waals surface area contributed by atoms with E-state index in [-0.39, 0.29) is 11.5 Å². The quantitative estimate of drug-likeness (QED) is 0.845. The zero-order valence-corrected chi connectivity index (χ0v) is 11.0. The lowest BCUT2D eigenvalue weighted by Crippen LogP contribution is -2.31. The molecule has 0 spiro atoms. The summed E-state index contributed by atoms with van der Waals surface area (Å²) >= 11 is 0. The average Bonchev–Trinajstić information content (AvgIpc) is 2.91. The monoisotopic (exact) mass is 261 g/mol. The minimum Gasteiger partial charge on any atom is -0.467 e. The van der Waals surface area contributed by atoms with Gasteiger partial charge in [0.05, 0.1) is 18.4 Å². The van der Waals surface area contributed by atoms with Gasteiger partial charge in [-0.25, -0.2) is 4.39 Å². The Bertz CT molecular complexity index is 564. The van der Waals surface area contributed by atoms with Crippen LogP contribution in [0.3, 0.4) is 0 Å². The molecular formula is C15H16FNO2. The van der Waals surface area contributed by atoms with Gasteiger partial charge in [-0.1, -0.05) is 12.1 Å². The number of carbonyl (C=O) groups is 1. The zero-order chi connectivity index (χ0) is 13.8. The number of benzene rings is 1. The highest BCUT2D eigenvalue weighted by atomic mass is 19.1. The molecule has 1 aromatic heterocycles. The van der Waals surface area contributed by atoms with Gasteiger partial charge in [0.1, 0.15) is 11.6 Å². The zero-order valence-electron chi connectivity index (χ0n) is 11.0. The summed E-state index contributed by atoms with van der Waals surface area (Å²) in [5.41, 5.74) is 0.577. The van der Waals surface area contributed by atoms with Crippen molar-refractivity contribution in [2.24, 2.45) is 0 Å². The van der Waals surface area contributed by atoms with Gasteiger partial charge in [0.2, 0.25) is 0 Å². The second-order valence-electron chi connectivity index (χ2n) is 4.34. The van der Waals surface area contributed by atoms with Gasteiger partial charge in [0.15, 0.2) is 0 Å². The lowest BCUT2D eigenvalue weighted by molar-refractivity contribution is 0.0736. The van der Waals surface area contributed by atoms with Crippen molar-refractivity contribution in [1.82, 2.24) is 4.90 Å². The summed E-state index contributed by atoms with van der Waals surface area (Å²) < 4.78 is 19.2. The highest BCUT2D eigenvalue weighted by Crippen LogP contribution is 2.16. The van der Waals surface area contributed by atoms with Crippen LogP contribution in [0, 0.1) is 12.7 Å². The third-order valence-corrected chi connectivity index (χ3v) is 3.02. The van der Waals surface area contributed by atoms with E-state index in [0.717, 1.165) is 0 Å². The van der Waals surface area contributed by atoms with Crippen LogP contribution in [-0.2, 0) is 6.54 Å². The number of carbonyl (C=O) groups excluding carboxylic acids is 1. The maximum atomic E-state index is 14.0. The molecule has 0 N–H and O–H groups in total. The second-order valence-corrected chi connectivity index (χ2v) is 4.34. The van der Waals surface area contributed by atoms with Crippen LogP contribution in [-0.4, -0.2) is 17.4 Å². The largest absolute Gasteiger partial charge is 0.467 e. The van der Waals surface area contributed by atoms with E-state index in [1.807, 2.05) is 6.92 Å². The summed E-state index contributed by atoms with van der Waals surface area (Å²) in [4.78, 5) is 13.9. The van der Waals surface area contributed by atoms with Crippen molar-refractivity contribution in [2.45, 2.75) is 20.4 Å². The molecule has 4 heteroatoms. The Hall–Kier alpha value is -2.10. The molecule has 0 aliphatic heterocycles. The van der Waals surface area contributed by atoms with E-state index >= 15 is 0 Å². The first-order chi connectivity index (χ1) is 9.13. The van der Waals surface area contributed by atoms with Gasteiger partial charge in [-0.2, -0.15) is 0 Å². The molecule has 100 valence electrons. The average molecular weight is 261 g/mol. The molecule has 2 aromatic rings. The molecule has 19 heavy (non-hydrogen) atoms. The van der Waals surface area contributed by atoms with Crippen LogP contribution in [0.25, 0.3) is 0 Å². The number of amides is 1. The third-order valence-electron chi connectivity index (χ3n) is 3.02. The van der Waals surface area contributed by atoms with Crippen LogP contribution in [0.4, 0.5) is 4.39 Å². The van der Waals surface area contributed by atoms with Crippen LogP contribution in [0.15, 0.2) is 41.0 Å². The summed E-state index contributed by atoms with van der Waals surface area (Å²) in [7, 11) is 0. The Kier molecular flexibility index (Phi) is 4.00. The van der Waals surface area contributed by atoms with Crippen molar-refractivity contribution in [3.05, 3.63) is 59.3 Å². The topological polar surface area (TPSA) is 33.5 Å². The van der Waals surface area contributed by atoms with Gasteiger partial charge in [0, 0.05) is 6.54 Å². The summed E-state index contributed by atoms with van der Waals surface area (Å²) in [6.45, 7) is 4.34. The van der Waals surface area contributed by atoms with Crippen molar-refractivity contribution in [2.75, 3.05) is 6.54 Å². The van der Waals surface area contributed by atoms with E-state index in [1.54, 1.807) is 42.4 Å². The van der Waals surface area contributed by atoms with E-state index in [1.165, 1.54) is 6.07 Å². The highest BCUT2D eigenvalue weighted by molar-refractivity contribution is 5.94. The lowest BCUT2D eigenvalue weighted by atomic mass is 10.1. The highest BCUT2D eigenvalue weighted by Gasteiger charge is 2.19. The Morgan fingerprint density at radius 3 is 2.74 bits per heavy atom. The Morgan fingerprint density at radius 2 is 2.11 bits per heavy atom. The van der Waals surface area contributed by atoms with Gasteiger partial charge in [-0.3, -0.25) is 4.79 Å². The lowest BCUT2D eigenvalue weighted by Gasteiger charge is -2.20. The molecular weight excluding hydrogens is 245 g/mol. The molecule has 0 aliphatic rings. The summed E-state index contributed by atoms with van der Waals surface area (Å²) in [5.74, 6) is -0.0891. The van der Waals surface area contributed by atoms with Crippen molar-refractivity contribution >= 4 is 5.91 Å². The Balaban J connectivity index is 2.23. The third kappa shape index (κ3) is 2.84. The summed E-state index contributed by atoms with van der Waals surface area (Å²) in [6, 6.07) is 8.40. The normalized spacial score (nSPS) is 10.5. The van der Waals surface area contributed by atoms with Gasteiger partial charge in [-0.05, 0) is 37.6 Å². The van der Waals surface area contributed by atoms with E-state index in [9.17, 15) is 9.18 Å². The van der Waals surface area contributed by atoms with E-state index < -0.39 is 5.82 Å². The molecule has 0 bridgehead atoms. The second kappa shape index (κ2) is 5.69. The molecule has 3 nitrogen and oxygen atoms in total. The first-order valence-electron chi connectivity index (χ1n) is 6.20. The molecule has 0 unspecified atom stereocenters. The van der Waals surface area contributed by atoms with Crippen LogP contribution < -0.4 is 0 Å². The molecule has 0 atom stereocenters. The molecule has 0 fully saturated rings. The van der Waals surface area contributed by atoms with Crippen LogP contribution in [0.2, 0.25) is 0 Å². The predicted octanol–water partition coefficient (Wildman–Crippen LogP) is 3.39. The molecule has 0 saturated carbocycles. The molecule has 1 heterocycles. The van der Waals surface area contributed by atoms with Gasteiger partial charge >= 0.3 is 0 Å². The number of nitrogens with zero attached hydrogens (tertiary/aromatic N) is 1. The van der Waals surface area contributed by atoms with E-state index in [0.29, 0.717) is 24.4 Å². The maximum Gasteiger partial charge on any atom is 0.257 e. The van der Waals surface area contributed by atoms with Gasteiger partial charge in [-0.15, -0.1) is 0 Å². The van der Waals surface area contributed by atoms with Crippen molar-refractivity contribution < 1.29 is 13.6 Å². The van der Waals surface area contributed by atoms with Crippen LogP contribution in [0.1, 0.15) is 28.6 Å². The molecule has 2 rings (SSSR count). The number of halogens is 1. The van der Waals surface area contributed by atoms with Crippen molar-refractivity contribution in [1.29, 1.82) is 0 Å². The Morgan fingerprint density at radius 1 is 1.32 bits per heavy atom. The molecule has 1 aromatic carbocycles. The van der Waals surface area contributed by atoms with E-state index in [2.05, 4.69) is 0 Å². The first-order valence-corrected chi connectivity index (χ1v) is 6.20. The van der Waals surface area contributed by atoms with E-state index in [4.69, 9.17) is 4.42 Å².